The normalized spacial score (nSPS) is 12.4. The molecule has 5 nitrogen and oxygen atoms in total. The van der Waals surface area contributed by atoms with E-state index in [0.29, 0.717) is 0 Å². The molecule has 1 aromatic rings. The molecule has 1 heterocycles. The number of rotatable bonds is 3. The molecule has 1 unspecified atom stereocenters. The van der Waals surface area contributed by atoms with Gasteiger partial charge in [0, 0.05) is 0 Å². The van der Waals surface area contributed by atoms with Crippen molar-refractivity contribution in [2.45, 2.75) is 6.10 Å². The maximum Gasteiger partial charge on any atom is 0.371 e. The average molecular weight is 170 g/mol. The number of carbonyl (C=O) groups excluding carboxylic acids is 1. The number of furan rings is 1. The lowest BCUT2D eigenvalue weighted by Crippen LogP contribution is -1.96. The van der Waals surface area contributed by atoms with Gasteiger partial charge >= 0.3 is 5.97 Å². The number of aldehydes is 1. The summed E-state index contributed by atoms with van der Waals surface area (Å²) in [4.78, 5) is 20.3. The topological polar surface area (TPSA) is 87.7 Å². The van der Waals surface area contributed by atoms with Gasteiger partial charge in [-0.25, -0.2) is 4.79 Å². The maximum absolute atomic E-state index is 10.3. The monoisotopic (exact) mass is 170 g/mol. The van der Waals surface area contributed by atoms with Crippen LogP contribution in [0, 0.1) is 0 Å². The van der Waals surface area contributed by atoms with Crippen LogP contribution < -0.4 is 0 Å². The highest BCUT2D eigenvalue weighted by Gasteiger charge is 2.14. The smallest absolute Gasteiger partial charge is 0.371 e. The third-order valence-corrected chi connectivity index (χ3v) is 1.26. The van der Waals surface area contributed by atoms with E-state index in [9.17, 15) is 9.59 Å². The van der Waals surface area contributed by atoms with Gasteiger partial charge in [0.25, 0.3) is 0 Å². The maximum atomic E-state index is 10.3. The molecule has 0 amide bonds. The van der Waals surface area contributed by atoms with Gasteiger partial charge in [-0.15, -0.1) is 0 Å². The second-order valence-corrected chi connectivity index (χ2v) is 2.09. The van der Waals surface area contributed by atoms with Gasteiger partial charge in [-0.1, -0.05) is 0 Å². The van der Waals surface area contributed by atoms with Crippen LogP contribution in [-0.2, 0) is 4.79 Å². The second kappa shape index (κ2) is 3.19. The molecule has 1 aromatic heterocycles. The number of aromatic carboxylic acids is 1. The molecule has 0 saturated heterocycles. The number of aliphatic hydroxyl groups excluding tert-OH is 1. The zero-order chi connectivity index (χ0) is 9.14. The highest BCUT2D eigenvalue weighted by molar-refractivity contribution is 5.84. The van der Waals surface area contributed by atoms with Gasteiger partial charge in [0.05, 0.1) is 0 Å². The molecule has 0 bridgehead atoms. The molecular formula is C7H6O5. The summed E-state index contributed by atoms with van der Waals surface area (Å²) < 4.78 is 4.62. The van der Waals surface area contributed by atoms with Gasteiger partial charge < -0.3 is 14.6 Å². The van der Waals surface area contributed by atoms with E-state index in [-0.39, 0.29) is 17.8 Å². The zero-order valence-electron chi connectivity index (χ0n) is 5.93. The molecule has 0 aliphatic carbocycles. The second-order valence-electron chi connectivity index (χ2n) is 2.09. The Hall–Kier alpha value is -1.62. The number of aliphatic hydroxyl groups is 1. The number of carbonyl (C=O) groups is 2. The van der Waals surface area contributed by atoms with Gasteiger partial charge in [-0.3, -0.25) is 4.79 Å². The predicted octanol–water partition coefficient (Wildman–Crippen LogP) is 0.210. The van der Waals surface area contributed by atoms with E-state index in [2.05, 4.69) is 4.42 Å². The highest BCUT2D eigenvalue weighted by Crippen LogP contribution is 2.14. The average Bonchev–Trinajstić information content (AvgIpc) is 2.51. The molecule has 2 N–H and O–H groups in total. The first-order valence-electron chi connectivity index (χ1n) is 3.11. The number of carboxylic acids is 1. The van der Waals surface area contributed by atoms with E-state index >= 15 is 0 Å². The van der Waals surface area contributed by atoms with Gasteiger partial charge in [0.15, 0.2) is 12.4 Å². The third kappa shape index (κ3) is 1.51. The summed E-state index contributed by atoms with van der Waals surface area (Å²) in [5.74, 6) is -1.60. The van der Waals surface area contributed by atoms with Crippen molar-refractivity contribution >= 4 is 12.3 Å². The molecule has 1 atom stereocenters. The predicted molar refractivity (Wildman–Crippen MR) is 36.7 cm³/mol. The van der Waals surface area contributed by atoms with Crippen LogP contribution >= 0.6 is 0 Å². The van der Waals surface area contributed by atoms with Crippen LogP contribution in [-0.4, -0.2) is 22.5 Å². The summed E-state index contributed by atoms with van der Waals surface area (Å²) in [6, 6.07) is 2.41. The van der Waals surface area contributed by atoms with Crippen molar-refractivity contribution < 1.29 is 24.2 Å². The zero-order valence-corrected chi connectivity index (χ0v) is 5.93. The molecule has 0 fully saturated rings. The molecule has 64 valence electrons. The van der Waals surface area contributed by atoms with E-state index < -0.39 is 12.1 Å². The lowest BCUT2D eigenvalue weighted by Gasteiger charge is -1.94. The Morgan fingerprint density at radius 2 is 2.25 bits per heavy atom. The fraction of sp³-hybridized carbons (Fsp3) is 0.143. The Morgan fingerprint density at radius 1 is 1.58 bits per heavy atom. The molecule has 0 spiro atoms. The first-order valence-corrected chi connectivity index (χ1v) is 3.11. The molecule has 12 heavy (non-hydrogen) atoms. The summed E-state index contributed by atoms with van der Waals surface area (Å²) in [6.45, 7) is 0. The highest BCUT2D eigenvalue weighted by atomic mass is 16.4. The van der Waals surface area contributed by atoms with Crippen LogP contribution in [0.2, 0.25) is 0 Å². The summed E-state index contributed by atoms with van der Waals surface area (Å²) in [5.41, 5.74) is 0. The third-order valence-electron chi connectivity index (χ3n) is 1.26. The van der Waals surface area contributed by atoms with Gasteiger partial charge in [-0.05, 0) is 12.1 Å². The van der Waals surface area contributed by atoms with Crippen molar-refractivity contribution in [3.63, 3.8) is 0 Å². The standard InChI is InChI=1S/C7H6O5/c8-3-4(9)5-1-2-6(12-5)7(10)11/h1-4,9H,(H,10,11). The lowest BCUT2D eigenvalue weighted by molar-refractivity contribution is -0.115. The summed E-state index contributed by atoms with van der Waals surface area (Å²) in [7, 11) is 0. The van der Waals surface area contributed by atoms with Crippen molar-refractivity contribution in [2.24, 2.45) is 0 Å². The fourth-order valence-electron chi connectivity index (χ4n) is 0.694. The van der Waals surface area contributed by atoms with Gasteiger partial charge in [-0.2, -0.15) is 0 Å². The summed E-state index contributed by atoms with van der Waals surface area (Å²) >= 11 is 0. The van der Waals surface area contributed by atoms with Gasteiger partial charge in [0.1, 0.15) is 5.76 Å². The Labute approximate surface area is 67.2 Å². The first kappa shape index (κ1) is 8.48. The molecule has 0 radical (unpaired) electrons. The van der Waals surface area contributed by atoms with Crippen LogP contribution in [0.1, 0.15) is 22.4 Å². The number of hydrogen-bond acceptors (Lipinski definition) is 4. The minimum absolute atomic E-state index is 0.0672. The minimum Gasteiger partial charge on any atom is -0.475 e. The Balaban J connectivity index is 2.91. The summed E-state index contributed by atoms with van der Waals surface area (Å²) in [6.07, 6.45) is -1.14. The van der Waals surface area contributed by atoms with Crippen molar-refractivity contribution in [3.05, 3.63) is 23.7 Å². The molecule has 1 rings (SSSR count). The van der Waals surface area contributed by atoms with Gasteiger partial charge in [0.2, 0.25) is 5.76 Å². The van der Waals surface area contributed by atoms with Crippen molar-refractivity contribution in [1.29, 1.82) is 0 Å². The minimum atomic E-state index is -1.39. The van der Waals surface area contributed by atoms with Crippen LogP contribution in [0.4, 0.5) is 0 Å². The van der Waals surface area contributed by atoms with E-state index in [4.69, 9.17) is 10.2 Å². The quantitative estimate of drug-likeness (QED) is 0.633. The lowest BCUT2D eigenvalue weighted by atomic mass is 10.3. The first-order chi connectivity index (χ1) is 5.65. The molecule has 0 aliphatic heterocycles. The molecular weight excluding hydrogens is 164 g/mol. The largest absolute Gasteiger partial charge is 0.475 e. The molecule has 5 heteroatoms. The van der Waals surface area contributed by atoms with Crippen molar-refractivity contribution in [3.8, 4) is 0 Å². The van der Waals surface area contributed by atoms with Crippen molar-refractivity contribution in [1.82, 2.24) is 0 Å². The van der Waals surface area contributed by atoms with E-state index in [1.54, 1.807) is 0 Å². The number of carboxylic acid groups (broad SMARTS) is 1. The van der Waals surface area contributed by atoms with Crippen LogP contribution in [0.15, 0.2) is 16.5 Å². The van der Waals surface area contributed by atoms with Crippen LogP contribution in [0.25, 0.3) is 0 Å². The van der Waals surface area contributed by atoms with Crippen LogP contribution in [0.5, 0.6) is 0 Å². The Kier molecular flexibility index (Phi) is 2.25. The van der Waals surface area contributed by atoms with Crippen molar-refractivity contribution in [2.75, 3.05) is 0 Å². The molecule has 0 saturated carbocycles. The van der Waals surface area contributed by atoms with E-state index in [1.807, 2.05) is 0 Å². The summed E-state index contributed by atoms with van der Waals surface area (Å²) in [5, 5.41) is 17.3. The van der Waals surface area contributed by atoms with E-state index in [1.165, 1.54) is 12.1 Å². The Bertz CT molecular complexity index is 301. The van der Waals surface area contributed by atoms with E-state index in [0.717, 1.165) is 0 Å². The molecule has 0 aromatic carbocycles. The van der Waals surface area contributed by atoms with Crippen LogP contribution in [0.3, 0.4) is 0 Å². The SMILES string of the molecule is O=CC(O)c1ccc(C(=O)O)o1. The Morgan fingerprint density at radius 3 is 2.67 bits per heavy atom. The molecule has 0 aliphatic rings. The fourth-order valence-corrected chi connectivity index (χ4v) is 0.694. The number of hydrogen-bond donors (Lipinski definition) is 2.